The molecular formula is C15H21NO4. The molecule has 0 aliphatic carbocycles. The number of hydrogen-bond donors (Lipinski definition) is 2. The Hall–Kier alpha value is -1.59. The number of ether oxygens (including phenoxy) is 1. The summed E-state index contributed by atoms with van der Waals surface area (Å²) in [5, 5.41) is 18.2. The molecule has 0 radical (unpaired) electrons. The van der Waals surface area contributed by atoms with E-state index in [0.717, 1.165) is 19.4 Å². The minimum absolute atomic E-state index is 0.277. The summed E-state index contributed by atoms with van der Waals surface area (Å²) in [7, 11) is 0. The van der Waals surface area contributed by atoms with Gasteiger partial charge < -0.3 is 14.9 Å². The van der Waals surface area contributed by atoms with E-state index in [9.17, 15) is 9.90 Å². The summed E-state index contributed by atoms with van der Waals surface area (Å²) in [5.74, 6) is -0.611. The van der Waals surface area contributed by atoms with Gasteiger partial charge in [-0.15, -0.1) is 0 Å². The number of aromatic hydroxyl groups is 1. The summed E-state index contributed by atoms with van der Waals surface area (Å²) in [4.78, 5) is 13.1. The van der Waals surface area contributed by atoms with E-state index in [-0.39, 0.29) is 5.75 Å². The highest BCUT2D eigenvalue weighted by molar-refractivity contribution is 5.72. The molecule has 5 heteroatoms. The highest BCUT2D eigenvalue weighted by atomic mass is 16.5. The number of aliphatic carboxylic acids is 1. The van der Waals surface area contributed by atoms with Crippen LogP contribution in [0.4, 0.5) is 0 Å². The van der Waals surface area contributed by atoms with Crippen LogP contribution in [-0.2, 0) is 16.0 Å². The molecule has 0 saturated carbocycles. The lowest BCUT2D eigenvalue weighted by Gasteiger charge is -2.35. The second kappa shape index (κ2) is 6.72. The maximum atomic E-state index is 11.0. The first-order chi connectivity index (χ1) is 9.56. The zero-order valence-corrected chi connectivity index (χ0v) is 11.7. The first-order valence-electron chi connectivity index (χ1n) is 6.92. The average Bonchev–Trinajstić information content (AvgIpc) is 2.46. The van der Waals surface area contributed by atoms with Gasteiger partial charge in [0.1, 0.15) is 5.75 Å². The van der Waals surface area contributed by atoms with Crippen LogP contribution in [-0.4, -0.2) is 52.9 Å². The zero-order chi connectivity index (χ0) is 14.5. The summed E-state index contributed by atoms with van der Waals surface area (Å²) in [6, 6.07) is 7.53. The molecule has 5 nitrogen and oxygen atoms in total. The Morgan fingerprint density at radius 1 is 1.45 bits per heavy atom. The van der Waals surface area contributed by atoms with E-state index < -0.39 is 12.1 Å². The van der Waals surface area contributed by atoms with E-state index >= 15 is 0 Å². The zero-order valence-electron chi connectivity index (χ0n) is 11.7. The van der Waals surface area contributed by atoms with Gasteiger partial charge in [0.2, 0.25) is 0 Å². The molecule has 1 saturated heterocycles. The van der Waals surface area contributed by atoms with Gasteiger partial charge in [-0.1, -0.05) is 12.1 Å². The second-order valence-corrected chi connectivity index (χ2v) is 5.25. The third-order valence-electron chi connectivity index (χ3n) is 3.78. The summed E-state index contributed by atoms with van der Waals surface area (Å²) in [6.45, 7) is 3.82. The van der Waals surface area contributed by atoms with Gasteiger partial charge in [0.15, 0.2) is 6.10 Å². The molecule has 1 aromatic rings. The molecule has 1 heterocycles. The molecule has 0 amide bonds. The Labute approximate surface area is 118 Å². The SMILES string of the molecule is CC(CCc1ccc(O)cc1)N1CCOC(C(=O)O)C1. The number of benzene rings is 1. The Kier molecular flexibility index (Phi) is 4.98. The predicted octanol–water partition coefficient (Wildman–Crippen LogP) is 1.50. The molecule has 20 heavy (non-hydrogen) atoms. The lowest BCUT2D eigenvalue weighted by atomic mass is 10.0. The average molecular weight is 279 g/mol. The van der Waals surface area contributed by atoms with Crippen molar-refractivity contribution in [1.82, 2.24) is 4.90 Å². The van der Waals surface area contributed by atoms with E-state index in [1.54, 1.807) is 12.1 Å². The Bertz CT molecular complexity index is 446. The lowest BCUT2D eigenvalue weighted by molar-refractivity contribution is -0.157. The number of phenolic OH excluding ortho intramolecular Hbond substituents is 1. The molecule has 2 rings (SSSR count). The quantitative estimate of drug-likeness (QED) is 0.854. The van der Waals surface area contributed by atoms with Crippen LogP contribution in [0.25, 0.3) is 0 Å². The van der Waals surface area contributed by atoms with Crippen LogP contribution in [0.15, 0.2) is 24.3 Å². The molecular weight excluding hydrogens is 258 g/mol. The minimum atomic E-state index is -0.888. The normalized spacial score (nSPS) is 21.6. The number of aryl methyl sites for hydroxylation is 1. The van der Waals surface area contributed by atoms with Crippen molar-refractivity contribution in [2.24, 2.45) is 0 Å². The minimum Gasteiger partial charge on any atom is -0.508 e. The second-order valence-electron chi connectivity index (χ2n) is 5.25. The Balaban J connectivity index is 1.83. The number of morpholine rings is 1. The molecule has 1 aromatic carbocycles. The van der Waals surface area contributed by atoms with Crippen molar-refractivity contribution in [3.8, 4) is 5.75 Å². The topological polar surface area (TPSA) is 70.0 Å². The molecule has 1 aliphatic rings. The largest absolute Gasteiger partial charge is 0.508 e. The van der Waals surface area contributed by atoms with E-state index in [4.69, 9.17) is 9.84 Å². The molecule has 2 unspecified atom stereocenters. The molecule has 1 fully saturated rings. The highest BCUT2D eigenvalue weighted by Gasteiger charge is 2.28. The van der Waals surface area contributed by atoms with Crippen LogP contribution in [0.1, 0.15) is 18.9 Å². The fourth-order valence-corrected chi connectivity index (χ4v) is 2.44. The van der Waals surface area contributed by atoms with E-state index in [0.29, 0.717) is 19.2 Å². The van der Waals surface area contributed by atoms with Gasteiger partial charge in [-0.2, -0.15) is 0 Å². The number of carboxylic acid groups (broad SMARTS) is 1. The van der Waals surface area contributed by atoms with E-state index in [1.165, 1.54) is 5.56 Å². The van der Waals surface area contributed by atoms with Crippen LogP contribution in [0.3, 0.4) is 0 Å². The van der Waals surface area contributed by atoms with Crippen molar-refractivity contribution in [3.05, 3.63) is 29.8 Å². The van der Waals surface area contributed by atoms with Crippen molar-refractivity contribution >= 4 is 5.97 Å². The summed E-state index contributed by atoms with van der Waals surface area (Å²) in [6.07, 6.45) is 1.16. The van der Waals surface area contributed by atoms with Crippen molar-refractivity contribution < 1.29 is 19.7 Å². The van der Waals surface area contributed by atoms with Crippen LogP contribution < -0.4 is 0 Å². The van der Waals surface area contributed by atoms with Crippen LogP contribution in [0.5, 0.6) is 5.75 Å². The van der Waals surface area contributed by atoms with Crippen LogP contribution >= 0.6 is 0 Å². The van der Waals surface area contributed by atoms with Gasteiger partial charge in [0.25, 0.3) is 0 Å². The number of nitrogens with zero attached hydrogens (tertiary/aromatic N) is 1. The van der Waals surface area contributed by atoms with Crippen molar-refractivity contribution in [1.29, 1.82) is 0 Å². The van der Waals surface area contributed by atoms with Gasteiger partial charge in [0.05, 0.1) is 6.61 Å². The maximum Gasteiger partial charge on any atom is 0.334 e. The number of rotatable bonds is 5. The van der Waals surface area contributed by atoms with Gasteiger partial charge in [0, 0.05) is 19.1 Å². The first-order valence-corrected chi connectivity index (χ1v) is 6.92. The number of hydrogen-bond acceptors (Lipinski definition) is 4. The lowest BCUT2D eigenvalue weighted by Crippen LogP contribution is -2.49. The third-order valence-corrected chi connectivity index (χ3v) is 3.78. The number of phenols is 1. The number of carboxylic acids is 1. The van der Waals surface area contributed by atoms with Crippen LogP contribution in [0.2, 0.25) is 0 Å². The van der Waals surface area contributed by atoms with Crippen molar-refractivity contribution in [2.75, 3.05) is 19.7 Å². The fraction of sp³-hybridized carbons (Fsp3) is 0.533. The van der Waals surface area contributed by atoms with Crippen molar-refractivity contribution in [2.45, 2.75) is 31.9 Å². The molecule has 1 aliphatic heterocycles. The molecule has 110 valence electrons. The van der Waals surface area contributed by atoms with E-state index in [2.05, 4.69) is 11.8 Å². The van der Waals surface area contributed by atoms with Crippen molar-refractivity contribution in [3.63, 3.8) is 0 Å². The maximum absolute atomic E-state index is 11.0. The smallest absolute Gasteiger partial charge is 0.334 e. The van der Waals surface area contributed by atoms with Gasteiger partial charge in [-0.05, 0) is 37.5 Å². The Morgan fingerprint density at radius 3 is 2.80 bits per heavy atom. The van der Waals surface area contributed by atoms with Gasteiger partial charge in [-0.25, -0.2) is 4.79 Å². The molecule has 0 aromatic heterocycles. The van der Waals surface area contributed by atoms with E-state index in [1.807, 2.05) is 12.1 Å². The predicted molar refractivity (Wildman–Crippen MR) is 74.8 cm³/mol. The standard InChI is InChI=1S/C15H21NO4/c1-11(2-3-12-4-6-13(17)7-5-12)16-8-9-20-14(10-16)15(18)19/h4-7,11,14,17H,2-3,8-10H2,1H3,(H,18,19). The fourth-order valence-electron chi connectivity index (χ4n) is 2.44. The van der Waals surface area contributed by atoms with Gasteiger partial charge >= 0.3 is 5.97 Å². The highest BCUT2D eigenvalue weighted by Crippen LogP contribution is 2.16. The van der Waals surface area contributed by atoms with Crippen LogP contribution in [0, 0.1) is 0 Å². The summed E-state index contributed by atoms with van der Waals surface area (Å²) in [5.41, 5.74) is 1.18. The summed E-state index contributed by atoms with van der Waals surface area (Å²) >= 11 is 0. The molecule has 2 N–H and O–H groups in total. The first kappa shape index (κ1) is 14.8. The molecule has 2 atom stereocenters. The summed E-state index contributed by atoms with van der Waals surface area (Å²) < 4.78 is 5.23. The molecule has 0 spiro atoms. The third kappa shape index (κ3) is 3.95. The Morgan fingerprint density at radius 2 is 2.15 bits per heavy atom. The monoisotopic (exact) mass is 279 g/mol. The number of carbonyl (C=O) groups is 1. The van der Waals surface area contributed by atoms with Gasteiger partial charge in [-0.3, -0.25) is 4.90 Å². The molecule has 0 bridgehead atoms.